The molecule has 0 bridgehead atoms. The molecule has 0 radical (unpaired) electrons. The van der Waals surface area contributed by atoms with Crippen LogP contribution >= 0.6 is 11.3 Å². The minimum atomic E-state index is -1.10. The van der Waals surface area contributed by atoms with Crippen molar-refractivity contribution in [3.05, 3.63) is 16.0 Å². The molecule has 1 aliphatic heterocycles. The number of thiophene rings is 1. The molecular formula is C21H27N3O7S. The molecule has 2 N–H and O–H groups in total. The highest BCUT2D eigenvalue weighted by molar-refractivity contribution is 7.17. The maximum Gasteiger partial charge on any atom is 0.341 e. The molecule has 2 aliphatic rings. The first-order valence-corrected chi connectivity index (χ1v) is 11.3. The van der Waals surface area contributed by atoms with Crippen LogP contribution in [0, 0.1) is 5.92 Å². The van der Waals surface area contributed by atoms with E-state index in [1.165, 1.54) is 25.2 Å². The van der Waals surface area contributed by atoms with Crippen LogP contribution in [0.2, 0.25) is 0 Å². The normalized spacial score (nSPS) is 19.2. The molecule has 2 heterocycles. The number of rotatable bonds is 7. The van der Waals surface area contributed by atoms with Gasteiger partial charge in [-0.3, -0.25) is 19.3 Å². The average molecular weight is 466 g/mol. The molecule has 1 aromatic rings. The molecule has 1 saturated heterocycles. The third-order valence-electron chi connectivity index (χ3n) is 5.34. The van der Waals surface area contributed by atoms with Gasteiger partial charge in [-0.25, -0.2) is 9.59 Å². The molecule has 0 aromatic carbocycles. The fourth-order valence-electron chi connectivity index (χ4n) is 3.70. The topological polar surface area (TPSA) is 131 Å². The molecule has 1 aliphatic carbocycles. The summed E-state index contributed by atoms with van der Waals surface area (Å²) in [7, 11) is 0. The van der Waals surface area contributed by atoms with Crippen LogP contribution < -0.4 is 10.6 Å². The lowest BCUT2D eigenvalue weighted by atomic mass is 9.88. The zero-order chi connectivity index (χ0) is 23.6. The van der Waals surface area contributed by atoms with Crippen LogP contribution in [-0.4, -0.2) is 60.0 Å². The Morgan fingerprint density at radius 3 is 2.59 bits per heavy atom. The number of amides is 4. The Balaban J connectivity index is 1.62. The first-order chi connectivity index (χ1) is 15.0. The van der Waals surface area contributed by atoms with E-state index in [2.05, 4.69) is 17.6 Å². The first kappa shape index (κ1) is 23.7. The molecule has 3 rings (SSSR count). The summed E-state index contributed by atoms with van der Waals surface area (Å²) in [6.07, 6.45) is 2.49. The minimum absolute atomic E-state index is 0.213. The monoisotopic (exact) mass is 465 g/mol. The Labute approximate surface area is 189 Å². The number of urea groups is 1. The van der Waals surface area contributed by atoms with Gasteiger partial charge in [-0.05, 0) is 51.5 Å². The first-order valence-electron chi connectivity index (χ1n) is 10.4. The van der Waals surface area contributed by atoms with Gasteiger partial charge < -0.3 is 20.1 Å². The lowest BCUT2D eigenvalue weighted by molar-refractivity contribution is -0.150. The number of ether oxygens (including phenoxy) is 2. The Hall–Kier alpha value is -2.95. The van der Waals surface area contributed by atoms with Crippen LogP contribution in [0.4, 0.5) is 9.80 Å². The van der Waals surface area contributed by atoms with E-state index in [9.17, 15) is 24.0 Å². The lowest BCUT2D eigenvalue weighted by Crippen LogP contribution is -2.41. The minimum Gasteiger partial charge on any atom is -0.462 e. The molecule has 0 saturated carbocycles. The number of anilines is 1. The Kier molecular flexibility index (Phi) is 6.87. The number of carbonyl (C=O) groups is 5. The summed E-state index contributed by atoms with van der Waals surface area (Å²) in [5, 5.41) is 5.48. The van der Waals surface area contributed by atoms with Crippen LogP contribution in [0.25, 0.3) is 0 Å². The Bertz CT molecular complexity index is 969. The van der Waals surface area contributed by atoms with Gasteiger partial charge in [-0.2, -0.15) is 0 Å². The molecule has 11 heteroatoms. The van der Waals surface area contributed by atoms with E-state index >= 15 is 0 Å². The maximum absolute atomic E-state index is 12.5. The zero-order valence-electron chi connectivity index (χ0n) is 18.5. The van der Waals surface area contributed by atoms with Gasteiger partial charge in [0.05, 0.1) is 12.2 Å². The van der Waals surface area contributed by atoms with Crippen molar-refractivity contribution >= 4 is 46.1 Å². The van der Waals surface area contributed by atoms with Gasteiger partial charge in [-0.15, -0.1) is 11.3 Å². The van der Waals surface area contributed by atoms with Gasteiger partial charge >= 0.3 is 18.0 Å². The van der Waals surface area contributed by atoms with E-state index in [0.29, 0.717) is 16.5 Å². The predicted octanol–water partition coefficient (Wildman–Crippen LogP) is 1.86. The number of hydrogen-bond acceptors (Lipinski definition) is 8. The number of nitrogens with one attached hydrogen (secondary N) is 2. The molecular weight excluding hydrogens is 438 g/mol. The van der Waals surface area contributed by atoms with E-state index in [0.717, 1.165) is 34.6 Å². The predicted molar refractivity (Wildman–Crippen MR) is 115 cm³/mol. The van der Waals surface area contributed by atoms with Crippen molar-refractivity contribution in [2.24, 2.45) is 5.92 Å². The highest BCUT2D eigenvalue weighted by Gasteiger charge is 2.45. The van der Waals surface area contributed by atoms with Gasteiger partial charge in [0.15, 0.2) is 6.61 Å². The van der Waals surface area contributed by atoms with Crippen LogP contribution in [0.1, 0.15) is 54.9 Å². The maximum atomic E-state index is 12.5. The second-order valence-corrected chi connectivity index (χ2v) is 9.54. The number of hydrogen-bond donors (Lipinski definition) is 2. The molecule has 1 atom stereocenters. The van der Waals surface area contributed by atoms with Crippen molar-refractivity contribution in [2.75, 3.05) is 25.1 Å². The van der Waals surface area contributed by atoms with Gasteiger partial charge in [-0.1, -0.05) is 6.92 Å². The molecule has 174 valence electrons. The van der Waals surface area contributed by atoms with E-state index in [1.54, 1.807) is 6.92 Å². The van der Waals surface area contributed by atoms with Crippen LogP contribution in [-0.2, 0) is 36.7 Å². The standard InChI is InChI=1S/C21H27N3O7S/c1-5-30-18(27)16-12-7-6-11(2)8-13(12)32-17(16)22-14(25)10-31-15(26)9-24-19(28)21(3,4)23-20(24)29/h11H,5-10H2,1-4H3,(H,22,25)(H,23,29)/t11-/m0/s1. The molecule has 0 spiro atoms. The summed E-state index contributed by atoms with van der Waals surface area (Å²) in [5.41, 5.74) is 0.161. The van der Waals surface area contributed by atoms with Gasteiger partial charge in [0.2, 0.25) is 0 Å². The summed E-state index contributed by atoms with van der Waals surface area (Å²) in [6.45, 7) is 5.89. The average Bonchev–Trinajstić information content (AvgIpc) is 3.14. The van der Waals surface area contributed by atoms with E-state index in [-0.39, 0.29) is 6.61 Å². The van der Waals surface area contributed by atoms with Crippen molar-refractivity contribution < 1.29 is 33.4 Å². The SMILES string of the molecule is CCOC(=O)c1c(NC(=O)COC(=O)CN2C(=O)NC(C)(C)C2=O)sc2c1CC[C@H](C)C2. The molecule has 1 aromatic heterocycles. The van der Waals surface area contributed by atoms with Gasteiger partial charge in [0, 0.05) is 4.88 Å². The number of fused-ring (bicyclic) bond motifs is 1. The molecule has 32 heavy (non-hydrogen) atoms. The van der Waals surface area contributed by atoms with Crippen LogP contribution in [0.5, 0.6) is 0 Å². The van der Waals surface area contributed by atoms with Crippen molar-refractivity contribution in [3.8, 4) is 0 Å². The fraction of sp³-hybridized carbons (Fsp3) is 0.571. The summed E-state index contributed by atoms with van der Waals surface area (Å²) < 4.78 is 10.1. The second kappa shape index (κ2) is 9.27. The summed E-state index contributed by atoms with van der Waals surface area (Å²) in [4.78, 5) is 62.8. The van der Waals surface area contributed by atoms with E-state index < -0.39 is 48.5 Å². The number of imide groups is 1. The number of carbonyl (C=O) groups excluding carboxylic acids is 5. The third-order valence-corrected chi connectivity index (χ3v) is 6.51. The lowest BCUT2D eigenvalue weighted by Gasteiger charge is -2.18. The van der Waals surface area contributed by atoms with Crippen LogP contribution in [0.3, 0.4) is 0 Å². The highest BCUT2D eigenvalue weighted by atomic mass is 32.1. The molecule has 1 fully saturated rings. The smallest absolute Gasteiger partial charge is 0.341 e. The summed E-state index contributed by atoms with van der Waals surface area (Å²) in [5.74, 6) is -2.09. The molecule has 10 nitrogen and oxygen atoms in total. The van der Waals surface area contributed by atoms with Crippen molar-refractivity contribution in [2.45, 2.75) is 52.5 Å². The Morgan fingerprint density at radius 1 is 1.25 bits per heavy atom. The zero-order valence-corrected chi connectivity index (χ0v) is 19.3. The summed E-state index contributed by atoms with van der Waals surface area (Å²) >= 11 is 1.33. The van der Waals surface area contributed by atoms with Crippen molar-refractivity contribution in [3.63, 3.8) is 0 Å². The van der Waals surface area contributed by atoms with E-state index in [1.807, 2.05) is 0 Å². The largest absolute Gasteiger partial charge is 0.462 e. The van der Waals surface area contributed by atoms with Gasteiger partial charge in [0.1, 0.15) is 17.1 Å². The van der Waals surface area contributed by atoms with Crippen LogP contribution in [0.15, 0.2) is 0 Å². The number of nitrogens with zero attached hydrogens (tertiary/aromatic N) is 1. The number of esters is 2. The fourth-order valence-corrected chi connectivity index (χ4v) is 5.12. The van der Waals surface area contributed by atoms with Gasteiger partial charge in [0.25, 0.3) is 11.8 Å². The Morgan fingerprint density at radius 2 is 1.97 bits per heavy atom. The highest BCUT2D eigenvalue weighted by Crippen LogP contribution is 2.40. The van der Waals surface area contributed by atoms with Crippen molar-refractivity contribution in [1.29, 1.82) is 0 Å². The summed E-state index contributed by atoms with van der Waals surface area (Å²) in [6, 6.07) is -0.695. The van der Waals surface area contributed by atoms with Crippen molar-refractivity contribution in [1.82, 2.24) is 10.2 Å². The second-order valence-electron chi connectivity index (χ2n) is 8.43. The third kappa shape index (κ3) is 4.93. The molecule has 4 amide bonds. The molecule has 0 unspecified atom stereocenters. The van der Waals surface area contributed by atoms with E-state index in [4.69, 9.17) is 9.47 Å². The quantitative estimate of drug-likeness (QED) is 0.464.